The molecule has 2 aromatic carbocycles. The number of hydrogen-bond acceptors (Lipinski definition) is 2. The first-order valence-electron chi connectivity index (χ1n) is 9.10. The van der Waals surface area contributed by atoms with Gasteiger partial charge in [-0.1, -0.05) is 12.1 Å². The van der Waals surface area contributed by atoms with E-state index in [0.717, 1.165) is 24.1 Å². The van der Waals surface area contributed by atoms with Crippen LogP contribution in [0.1, 0.15) is 25.3 Å². The van der Waals surface area contributed by atoms with Crippen molar-refractivity contribution in [2.24, 2.45) is 0 Å². The number of urea groups is 1. The molecular formula is C21H24FN3O2. The summed E-state index contributed by atoms with van der Waals surface area (Å²) in [5.74, 6) is -0.304. The average molecular weight is 369 g/mol. The zero-order chi connectivity index (χ0) is 19.4. The number of benzene rings is 2. The summed E-state index contributed by atoms with van der Waals surface area (Å²) in [6, 6.07) is 13.6. The Bertz CT molecular complexity index is 822. The number of rotatable bonds is 4. The summed E-state index contributed by atoms with van der Waals surface area (Å²) in [5, 5.41) is 2.92. The molecule has 142 valence electrons. The molecule has 1 fully saturated rings. The van der Waals surface area contributed by atoms with E-state index in [-0.39, 0.29) is 23.8 Å². The third-order valence-corrected chi connectivity index (χ3v) is 4.98. The number of carbonyl (C=O) groups is 2. The third kappa shape index (κ3) is 4.64. The smallest absolute Gasteiger partial charge is 0.321 e. The second kappa shape index (κ2) is 8.20. The molecule has 1 aliphatic heterocycles. The van der Waals surface area contributed by atoms with Crippen LogP contribution in [-0.2, 0) is 11.2 Å². The minimum absolute atomic E-state index is 0.0518. The van der Waals surface area contributed by atoms with Gasteiger partial charge in [0.2, 0.25) is 5.91 Å². The summed E-state index contributed by atoms with van der Waals surface area (Å²) < 4.78 is 13.4. The van der Waals surface area contributed by atoms with Crippen LogP contribution in [-0.4, -0.2) is 36.5 Å². The molecule has 1 N–H and O–H groups in total. The Hall–Kier alpha value is -2.89. The van der Waals surface area contributed by atoms with Crippen LogP contribution < -0.4 is 10.2 Å². The first-order valence-corrected chi connectivity index (χ1v) is 9.10. The van der Waals surface area contributed by atoms with Crippen molar-refractivity contribution >= 4 is 23.3 Å². The van der Waals surface area contributed by atoms with Gasteiger partial charge >= 0.3 is 6.03 Å². The predicted octanol–water partition coefficient (Wildman–Crippen LogP) is 4.05. The lowest BCUT2D eigenvalue weighted by atomic mass is 10.0. The summed E-state index contributed by atoms with van der Waals surface area (Å²) in [4.78, 5) is 27.5. The Morgan fingerprint density at radius 1 is 1.22 bits per heavy atom. The van der Waals surface area contributed by atoms with Crippen LogP contribution >= 0.6 is 0 Å². The lowest BCUT2D eigenvalue weighted by Crippen LogP contribution is -2.39. The summed E-state index contributed by atoms with van der Waals surface area (Å²) in [6.07, 6.45) is 2.50. The molecule has 0 bridgehead atoms. The van der Waals surface area contributed by atoms with Gasteiger partial charge < -0.3 is 15.1 Å². The van der Waals surface area contributed by atoms with Crippen LogP contribution in [0.15, 0.2) is 48.5 Å². The summed E-state index contributed by atoms with van der Waals surface area (Å²) in [7, 11) is 1.71. The van der Waals surface area contributed by atoms with Gasteiger partial charge in [0, 0.05) is 37.9 Å². The Balaban J connectivity index is 1.63. The van der Waals surface area contributed by atoms with Gasteiger partial charge in [-0.15, -0.1) is 0 Å². The quantitative estimate of drug-likeness (QED) is 0.884. The highest BCUT2D eigenvalue weighted by Gasteiger charge is 2.29. The van der Waals surface area contributed by atoms with Crippen molar-refractivity contribution in [1.29, 1.82) is 0 Å². The van der Waals surface area contributed by atoms with E-state index in [9.17, 15) is 14.0 Å². The standard InChI is InChI=1S/C21H24FN3O2/c1-15(26)24(2)19-10-8-18(9-11-19)23-21(27)25-12-4-7-20(25)14-16-5-3-6-17(22)13-16/h3,5-6,8-11,13,20H,4,7,12,14H2,1-2H3,(H,23,27). The van der Waals surface area contributed by atoms with Crippen molar-refractivity contribution in [3.63, 3.8) is 0 Å². The van der Waals surface area contributed by atoms with Gasteiger partial charge in [0.05, 0.1) is 0 Å². The number of hydrogen-bond donors (Lipinski definition) is 1. The van der Waals surface area contributed by atoms with Crippen molar-refractivity contribution in [2.45, 2.75) is 32.2 Å². The molecule has 3 amide bonds. The number of anilines is 2. The first kappa shape index (κ1) is 18.9. The normalized spacial score (nSPS) is 16.3. The number of nitrogens with one attached hydrogen (secondary N) is 1. The van der Waals surface area contributed by atoms with Gasteiger partial charge in [0.15, 0.2) is 0 Å². The topological polar surface area (TPSA) is 52.7 Å². The van der Waals surface area contributed by atoms with Gasteiger partial charge in [0.25, 0.3) is 0 Å². The molecule has 0 aromatic heterocycles. The highest BCUT2D eigenvalue weighted by Crippen LogP contribution is 2.23. The number of likely N-dealkylation sites (tertiary alicyclic amines) is 1. The van der Waals surface area contributed by atoms with E-state index in [1.54, 1.807) is 42.3 Å². The molecule has 0 spiro atoms. The lowest BCUT2D eigenvalue weighted by molar-refractivity contribution is -0.116. The molecule has 3 rings (SSSR count). The summed E-state index contributed by atoms with van der Waals surface area (Å²) >= 11 is 0. The third-order valence-electron chi connectivity index (χ3n) is 4.98. The maximum absolute atomic E-state index is 13.4. The maximum Gasteiger partial charge on any atom is 0.322 e. The minimum atomic E-state index is -0.253. The van der Waals surface area contributed by atoms with Crippen molar-refractivity contribution in [1.82, 2.24) is 4.90 Å². The molecule has 1 heterocycles. The van der Waals surface area contributed by atoms with E-state index >= 15 is 0 Å². The van der Waals surface area contributed by atoms with Gasteiger partial charge in [0.1, 0.15) is 5.82 Å². The second-order valence-corrected chi connectivity index (χ2v) is 6.88. The fourth-order valence-corrected chi connectivity index (χ4v) is 3.40. The van der Waals surface area contributed by atoms with Gasteiger partial charge in [-0.2, -0.15) is 0 Å². The number of carbonyl (C=O) groups excluding carboxylic acids is 2. The molecule has 6 heteroatoms. The van der Waals surface area contributed by atoms with E-state index in [1.165, 1.54) is 19.1 Å². The average Bonchev–Trinajstić information content (AvgIpc) is 3.10. The highest BCUT2D eigenvalue weighted by atomic mass is 19.1. The molecule has 0 radical (unpaired) electrons. The van der Waals surface area contributed by atoms with Crippen LogP contribution in [0.3, 0.4) is 0 Å². The highest BCUT2D eigenvalue weighted by molar-refractivity contribution is 5.92. The minimum Gasteiger partial charge on any atom is -0.321 e. The van der Waals surface area contributed by atoms with Crippen LogP contribution in [0, 0.1) is 5.82 Å². The van der Waals surface area contributed by atoms with E-state index in [0.29, 0.717) is 18.7 Å². The fourth-order valence-electron chi connectivity index (χ4n) is 3.40. The first-order chi connectivity index (χ1) is 12.9. The number of nitrogens with zero attached hydrogens (tertiary/aromatic N) is 2. The Kier molecular flexibility index (Phi) is 5.74. The van der Waals surface area contributed by atoms with E-state index in [1.807, 2.05) is 11.0 Å². The zero-order valence-electron chi connectivity index (χ0n) is 15.6. The molecule has 0 saturated carbocycles. The molecule has 27 heavy (non-hydrogen) atoms. The van der Waals surface area contributed by atoms with Crippen LogP contribution in [0.2, 0.25) is 0 Å². The predicted molar refractivity (Wildman–Crippen MR) is 104 cm³/mol. The zero-order valence-corrected chi connectivity index (χ0v) is 15.6. The monoisotopic (exact) mass is 369 g/mol. The fraction of sp³-hybridized carbons (Fsp3) is 0.333. The number of halogens is 1. The Morgan fingerprint density at radius 2 is 1.96 bits per heavy atom. The van der Waals surface area contributed by atoms with Gasteiger partial charge in [-0.05, 0) is 61.2 Å². The van der Waals surface area contributed by atoms with E-state index < -0.39 is 0 Å². The molecule has 1 aliphatic rings. The van der Waals surface area contributed by atoms with Crippen molar-refractivity contribution in [3.05, 3.63) is 59.9 Å². The molecule has 5 nitrogen and oxygen atoms in total. The lowest BCUT2D eigenvalue weighted by Gasteiger charge is -2.25. The van der Waals surface area contributed by atoms with E-state index in [2.05, 4.69) is 5.32 Å². The molecule has 1 saturated heterocycles. The van der Waals surface area contributed by atoms with Crippen molar-refractivity contribution in [3.8, 4) is 0 Å². The Morgan fingerprint density at radius 3 is 2.63 bits per heavy atom. The largest absolute Gasteiger partial charge is 0.322 e. The molecular weight excluding hydrogens is 345 g/mol. The molecule has 1 atom stereocenters. The van der Waals surface area contributed by atoms with Crippen molar-refractivity contribution in [2.75, 3.05) is 23.8 Å². The second-order valence-electron chi connectivity index (χ2n) is 6.88. The van der Waals surface area contributed by atoms with Gasteiger partial charge in [-0.3, -0.25) is 4.79 Å². The number of amides is 3. The van der Waals surface area contributed by atoms with Gasteiger partial charge in [-0.25, -0.2) is 9.18 Å². The van der Waals surface area contributed by atoms with Crippen LogP contribution in [0.25, 0.3) is 0 Å². The molecule has 2 aromatic rings. The van der Waals surface area contributed by atoms with Crippen molar-refractivity contribution < 1.29 is 14.0 Å². The van der Waals surface area contributed by atoms with Crippen LogP contribution in [0.4, 0.5) is 20.6 Å². The van der Waals surface area contributed by atoms with E-state index in [4.69, 9.17) is 0 Å². The van der Waals surface area contributed by atoms with Crippen LogP contribution in [0.5, 0.6) is 0 Å². The Labute approximate surface area is 158 Å². The maximum atomic E-state index is 13.4. The SMILES string of the molecule is CC(=O)N(C)c1ccc(NC(=O)N2CCCC2Cc2cccc(F)c2)cc1. The molecule has 1 unspecified atom stereocenters. The summed E-state index contributed by atoms with van der Waals surface area (Å²) in [5.41, 5.74) is 2.35. The molecule has 0 aliphatic carbocycles. The summed E-state index contributed by atoms with van der Waals surface area (Å²) in [6.45, 7) is 2.19.